The van der Waals surface area contributed by atoms with E-state index >= 15 is 0 Å². The molecule has 30 heavy (non-hydrogen) atoms. The Morgan fingerprint density at radius 2 is 2.07 bits per heavy atom. The molecule has 2 fully saturated rings. The molecule has 2 N–H and O–H groups in total. The van der Waals surface area contributed by atoms with E-state index in [9.17, 15) is 0 Å². The van der Waals surface area contributed by atoms with Gasteiger partial charge in [0, 0.05) is 59.0 Å². The topological polar surface area (TPSA) is 60.1 Å². The van der Waals surface area contributed by atoms with Gasteiger partial charge in [-0.05, 0) is 51.9 Å². The number of likely N-dealkylation sites (N-methyl/N-ethyl adjacent to an activating group) is 1. The van der Waals surface area contributed by atoms with E-state index in [0.29, 0.717) is 0 Å². The molecule has 1 aliphatic carbocycles. The van der Waals surface area contributed by atoms with Crippen molar-refractivity contribution in [2.24, 2.45) is 0 Å². The molecule has 5 rings (SSSR count). The molecular weight excluding hydrogens is 412 g/mol. The van der Waals surface area contributed by atoms with Gasteiger partial charge in [-0.2, -0.15) is 5.10 Å². The summed E-state index contributed by atoms with van der Waals surface area (Å²) in [7, 11) is 2.21. The van der Waals surface area contributed by atoms with Crippen LogP contribution < -0.4 is 10.2 Å². The fourth-order valence-corrected chi connectivity index (χ4v) is 5.97. The monoisotopic (exact) mass is 440 g/mol. The van der Waals surface area contributed by atoms with Gasteiger partial charge in [0.25, 0.3) is 0 Å². The van der Waals surface area contributed by atoms with E-state index in [1.807, 2.05) is 36.1 Å². The average Bonchev–Trinajstić information content (AvgIpc) is 3.32. The Bertz CT molecular complexity index is 1010. The van der Waals surface area contributed by atoms with Gasteiger partial charge in [-0.3, -0.25) is 5.10 Å². The third-order valence-electron chi connectivity index (χ3n) is 5.53. The van der Waals surface area contributed by atoms with E-state index in [2.05, 4.69) is 56.8 Å². The van der Waals surface area contributed by atoms with Crippen LogP contribution in [0.3, 0.4) is 0 Å². The van der Waals surface area contributed by atoms with Gasteiger partial charge in [0.05, 0.1) is 4.88 Å². The van der Waals surface area contributed by atoms with Gasteiger partial charge in [-0.1, -0.05) is 17.4 Å². The summed E-state index contributed by atoms with van der Waals surface area (Å²) in [4.78, 5) is 12.2. The van der Waals surface area contributed by atoms with Crippen molar-refractivity contribution in [3.8, 4) is 10.4 Å². The van der Waals surface area contributed by atoms with Gasteiger partial charge in [0.2, 0.25) is 0 Å². The first kappa shape index (κ1) is 19.9. The SMILES string of the molecule is Cc1cc(Nc2ccc(-c3cnc(N4CCCN(C)CC4)s3)c(SC3CC3)c2)n[nH]1. The minimum atomic E-state index is 0.750. The molecule has 0 amide bonds. The van der Waals surface area contributed by atoms with Crippen molar-refractivity contribution in [3.63, 3.8) is 0 Å². The van der Waals surface area contributed by atoms with Crippen LogP contribution >= 0.6 is 23.1 Å². The third-order valence-corrected chi connectivity index (χ3v) is 8.01. The Hall–Kier alpha value is -2.03. The van der Waals surface area contributed by atoms with Crippen LogP contribution in [0, 0.1) is 6.92 Å². The number of H-pyrrole nitrogens is 1. The van der Waals surface area contributed by atoms with Gasteiger partial charge in [0.1, 0.15) is 0 Å². The fourth-order valence-electron chi connectivity index (χ4n) is 3.67. The number of thiazole rings is 1. The van der Waals surface area contributed by atoms with Crippen molar-refractivity contribution in [1.82, 2.24) is 20.1 Å². The molecule has 2 aromatic heterocycles. The molecular formula is C22H28N6S2. The molecule has 1 saturated carbocycles. The Balaban J connectivity index is 1.39. The van der Waals surface area contributed by atoms with E-state index < -0.39 is 0 Å². The summed E-state index contributed by atoms with van der Waals surface area (Å²) >= 11 is 3.82. The number of thioether (sulfide) groups is 1. The number of aryl methyl sites for hydroxylation is 1. The van der Waals surface area contributed by atoms with Gasteiger partial charge in [-0.25, -0.2) is 4.98 Å². The number of nitrogens with one attached hydrogen (secondary N) is 2. The predicted octanol–water partition coefficient (Wildman–Crippen LogP) is 4.98. The summed E-state index contributed by atoms with van der Waals surface area (Å²) in [5.41, 5.74) is 3.43. The molecule has 1 aliphatic heterocycles. The second-order valence-electron chi connectivity index (χ2n) is 8.24. The molecule has 158 valence electrons. The number of anilines is 3. The Labute approximate surface area is 186 Å². The summed E-state index contributed by atoms with van der Waals surface area (Å²) in [6.45, 7) is 6.43. The molecule has 2 aliphatic rings. The second kappa shape index (κ2) is 8.61. The molecule has 3 heterocycles. The molecule has 8 heteroatoms. The predicted molar refractivity (Wildman–Crippen MR) is 127 cm³/mol. The lowest BCUT2D eigenvalue weighted by Gasteiger charge is -2.19. The zero-order valence-corrected chi connectivity index (χ0v) is 19.2. The van der Waals surface area contributed by atoms with Crippen molar-refractivity contribution in [2.45, 2.75) is 36.3 Å². The first-order valence-corrected chi connectivity index (χ1v) is 12.3. The molecule has 0 spiro atoms. The summed E-state index contributed by atoms with van der Waals surface area (Å²) in [5, 5.41) is 12.6. The maximum atomic E-state index is 4.80. The summed E-state index contributed by atoms with van der Waals surface area (Å²) in [5.74, 6) is 0.855. The molecule has 1 aromatic carbocycles. The zero-order valence-electron chi connectivity index (χ0n) is 17.5. The summed E-state index contributed by atoms with van der Waals surface area (Å²) in [6.07, 6.45) is 5.89. The highest BCUT2D eigenvalue weighted by Crippen LogP contribution is 2.45. The van der Waals surface area contributed by atoms with Crippen LogP contribution in [0.2, 0.25) is 0 Å². The highest BCUT2D eigenvalue weighted by Gasteiger charge is 2.25. The third kappa shape index (κ3) is 4.66. The first-order valence-electron chi connectivity index (χ1n) is 10.6. The van der Waals surface area contributed by atoms with Crippen LogP contribution in [0.15, 0.2) is 35.4 Å². The summed E-state index contributed by atoms with van der Waals surface area (Å²) in [6, 6.07) is 8.68. The highest BCUT2D eigenvalue weighted by molar-refractivity contribution is 8.00. The van der Waals surface area contributed by atoms with Crippen molar-refractivity contribution in [1.29, 1.82) is 0 Å². The Kier molecular flexibility index (Phi) is 5.71. The molecule has 0 atom stereocenters. The van der Waals surface area contributed by atoms with E-state index in [-0.39, 0.29) is 0 Å². The maximum absolute atomic E-state index is 4.80. The Morgan fingerprint density at radius 1 is 1.17 bits per heavy atom. The van der Waals surface area contributed by atoms with E-state index in [4.69, 9.17) is 4.98 Å². The van der Waals surface area contributed by atoms with Gasteiger partial charge in [0.15, 0.2) is 10.9 Å². The molecule has 3 aromatic rings. The summed E-state index contributed by atoms with van der Waals surface area (Å²) < 4.78 is 0. The lowest BCUT2D eigenvalue weighted by molar-refractivity contribution is 0.360. The second-order valence-corrected chi connectivity index (χ2v) is 10.6. The van der Waals surface area contributed by atoms with Crippen LogP contribution in [0.5, 0.6) is 0 Å². The van der Waals surface area contributed by atoms with Crippen LogP contribution in [0.25, 0.3) is 10.4 Å². The number of hydrogen-bond acceptors (Lipinski definition) is 7. The van der Waals surface area contributed by atoms with Crippen LogP contribution in [-0.4, -0.2) is 58.6 Å². The Morgan fingerprint density at radius 3 is 2.87 bits per heavy atom. The van der Waals surface area contributed by atoms with Crippen molar-refractivity contribution in [2.75, 3.05) is 43.4 Å². The van der Waals surface area contributed by atoms with E-state index in [0.717, 1.165) is 47.2 Å². The normalized spacial score (nSPS) is 17.9. The van der Waals surface area contributed by atoms with Gasteiger partial charge in [-0.15, -0.1) is 11.8 Å². The minimum Gasteiger partial charge on any atom is -0.347 e. The average molecular weight is 441 g/mol. The fraction of sp³-hybridized carbons (Fsp3) is 0.455. The lowest BCUT2D eigenvalue weighted by Crippen LogP contribution is -2.28. The van der Waals surface area contributed by atoms with Crippen LogP contribution in [0.4, 0.5) is 16.6 Å². The molecule has 1 saturated heterocycles. The first-order chi connectivity index (χ1) is 14.6. The zero-order chi connectivity index (χ0) is 20.5. The number of hydrogen-bond donors (Lipinski definition) is 2. The van der Waals surface area contributed by atoms with E-state index in [1.165, 1.54) is 41.1 Å². The van der Waals surface area contributed by atoms with Gasteiger partial charge < -0.3 is 15.1 Å². The molecule has 0 unspecified atom stereocenters. The van der Waals surface area contributed by atoms with Crippen molar-refractivity contribution >= 4 is 39.7 Å². The van der Waals surface area contributed by atoms with Crippen LogP contribution in [-0.2, 0) is 0 Å². The van der Waals surface area contributed by atoms with Crippen molar-refractivity contribution < 1.29 is 0 Å². The number of aromatic nitrogens is 3. The quantitative estimate of drug-likeness (QED) is 0.564. The number of nitrogens with zero attached hydrogens (tertiary/aromatic N) is 4. The maximum Gasteiger partial charge on any atom is 0.185 e. The van der Waals surface area contributed by atoms with Crippen LogP contribution in [0.1, 0.15) is 25.0 Å². The van der Waals surface area contributed by atoms with Crippen molar-refractivity contribution in [3.05, 3.63) is 36.2 Å². The number of rotatable bonds is 6. The van der Waals surface area contributed by atoms with E-state index in [1.54, 1.807) is 0 Å². The number of aromatic amines is 1. The largest absolute Gasteiger partial charge is 0.347 e. The smallest absolute Gasteiger partial charge is 0.185 e. The molecule has 0 bridgehead atoms. The van der Waals surface area contributed by atoms with Gasteiger partial charge >= 0.3 is 0 Å². The highest BCUT2D eigenvalue weighted by atomic mass is 32.2. The number of benzene rings is 1. The minimum absolute atomic E-state index is 0.750. The lowest BCUT2D eigenvalue weighted by atomic mass is 10.2. The molecule has 6 nitrogen and oxygen atoms in total. The standard InChI is InChI=1S/C22H28N6S2/c1-15-12-21(26-25-15)24-16-4-7-18(19(13-16)29-17-5-6-17)20-14-23-22(30-20)28-9-3-8-27(2)10-11-28/h4,7,12-14,17H,3,5-6,8-11H2,1-2H3,(H2,24,25,26). The molecule has 0 radical (unpaired) electrons.